The molecule has 0 amide bonds. The van der Waals surface area contributed by atoms with Crippen molar-refractivity contribution >= 4 is 5.82 Å². The second kappa shape index (κ2) is 5.21. The molecule has 14 heavy (non-hydrogen) atoms. The Balaban J connectivity index is 2.51. The van der Waals surface area contributed by atoms with Crippen LogP contribution < -0.4 is 16.6 Å². The normalized spacial score (nSPS) is 10.1. The Morgan fingerprint density at radius 3 is 2.79 bits per heavy atom. The molecule has 0 saturated carbocycles. The molecule has 0 fully saturated rings. The highest BCUT2D eigenvalue weighted by molar-refractivity contribution is 5.28. The van der Waals surface area contributed by atoms with Crippen LogP contribution in [-0.2, 0) is 0 Å². The van der Waals surface area contributed by atoms with E-state index in [0.717, 1.165) is 19.3 Å². The minimum Gasteiger partial charge on any atom is -0.364 e. The summed E-state index contributed by atoms with van der Waals surface area (Å²) in [7, 11) is 0. The van der Waals surface area contributed by atoms with Crippen molar-refractivity contribution in [2.24, 2.45) is 0 Å². The van der Waals surface area contributed by atoms with Gasteiger partial charge in [0.25, 0.3) is 5.56 Å². The third kappa shape index (κ3) is 3.04. The van der Waals surface area contributed by atoms with Crippen LogP contribution in [0.15, 0.2) is 9.59 Å². The van der Waals surface area contributed by atoms with Crippen molar-refractivity contribution in [3.8, 4) is 0 Å². The third-order valence-electron chi connectivity index (χ3n) is 1.78. The summed E-state index contributed by atoms with van der Waals surface area (Å²) < 4.78 is 0. The molecule has 1 aromatic rings. The van der Waals surface area contributed by atoms with Gasteiger partial charge >= 0.3 is 5.69 Å². The van der Waals surface area contributed by atoms with Gasteiger partial charge in [-0.25, -0.2) is 9.89 Å². The van der Waals surface area contributed by atoms with Crippen molar-refractivity contribution in [3.63, 3.8) is 0 Å². The average molecular weight is 198 g/mol. The van der Waals surface area contributed by atoms with Gasteiger partial charge in [-0.2, -0.15) is 0 Å². The van der Waals surface area contributed by atoms with Crippen LogP contribution in [-0.4, -0.2) is 21.7 Å². The van der Waals surface area contributed by atoms with E-state index in [1.54, 1.807) is 0 Å². The highest BCUT2D eigenvalue weighted by Crippen LogP contribution is 1.94. The molecule has 0 atom stereocenters. The molecule has 0 radical (unpaired) electrons. The number of hydrogen-bond acceptors (Lipinski definition) is 4. The highest BCUT2D eigenvalue weighted by Gasteiger charge is 1.99. The molecule has 1 aromatic heterocycles. The molecule has 6 heteroatoms. The van der Waals surface area contributed by atoms with Crippen molar-refractivity contribution in [1.82, 2.24) is 15.2 Å². The molecule has 78 valence electrons. The quantitative estimate of drug-likeness (QED) is 0.583. The smallest absolute Gasteiger partial charge is 0.342 e. The number of anilines is 1. The summed E-state index contributed by atoms with van der Waals surface area (Å²) in [5.74, 6) is 0.167. The Labute approximate surface area is 80.8 Å². The molecule has 0 spiro atoms. The van der Waals surface area contributed by atoms with Crippen LogP contribution >= 0.6 is 0 Å². The van der Waals surface area contributed by atoms with Crippen molar-refractivity contribution in [2.45, 2.75) is 26.2 Å². The maximum Gasteiger partial charge on any atom is 0.342 e. The number of nitrogens with zero attached hydrogens (tertiary/aromatic N) is 1. The molecular formula is C8H14N4O2. The van der Waals surface area contributed by atoms with E-state index in [1.165, 1.54) is 0 Å². The van der Waals surface area contributed by atoms with Gasteiger partial charge in [-0.15, -0.1) is 5.10 Å². The van der Waals surface area contributed by atoms with Crippen LogP contribution in [0.4, 0.5) is 5.82 Å². The second-order valence-corrected chi connectivity index (χ2v) is 2.99. The fourth-order valence-corrected chi connectivity index (χ4v) is 1.05. The lowest BCUT2D eigenvalue weighted by molar-refractivity contribution is 0.738. The van der Waals surface area contributed by atoms with Crippen LogP contribution in [0, 0.1) is 0 Å². The molecule has 0 aliphatic carbocycles. The van der Waals surface area contributed by atoms with Crippen LogP contribution in [0.5, 0.6) is 0 Å². The zero-order valence-corrected chi connectivity index (χ0v) is 8.09. The van der Waals surface area contributed by atoms with Gasteiger partial charge in [-0.05, 0) is 6.42 Å². The Kier molecular flexibility index (Phi) is 3.90. The summed E-state index contributed by atoms with van der Waals surface area (Å²) in [6.07, 6.45) is 3.21. The summed E-state index contributed by atoms with van der Waals surface area (Å²) in [5.41, 5.74) is -1.07. The number of rotatable bonds is 5. The van der Waals surface area contributed by atoms with Gasteiger partial charge in [0.1, 0.15) is 0 Å². The SMILES string of the molecule is CCCCCNc1n[nH]c(=O)[nH]c1=O. The minimum atomic E-state index is -0.589. The first-order valence-corrected chi connectivity index (χ1v) is 4.67. The first-order chi connectivity index (χ1) is 6.74. The molecule has 3 N–H and O–H groups in total. The van der Waals surface area contributed by atoms with Crippen LogP contribution in [0.2, 0.25) is 0 Å². The molecule has 1 rings (SSSR count). The molecule has 1 heterocycles. The van der Waals surface area contributed by atoms with Gasteiger partial charge in [0.05, 0.1) is 0 Å². The number of H-pyrrole nitrogens is 2. The molecular weight excluding hydrogens is 184 g/mol. The fraction of sp³-hybridized carbons (Fsp3) is 0.625. The molecule has 6 nitrogen and oxygen atoms in total. The number of aromatic nitrogens is 3. The molecule has 0 unspecified atom stereocenters. The molecule has 0 aromatic carbocycles. The van der Waals surface area contributed by atoms with Gasteiger partial charge < -0.3 is 5.32 Å². The zero-order chi connectivity index (χ0) is 10.4. The molecule has 0 saturated heterocycles. The average Bonchev–Trinajstić information content (AvgIpc) is 2.15. The monoisotopic (exact) mass is 198 g/mol. The van der Waals surface area contributed by atoms with E-state index in [0.29, 0.717) is 6.54 Å². The van der Waals surface area contributed by atoms with Crippen molar-refractivity contribution < 1.29 is 0 Å². The Hall–Kier alpha value is -1.59. The summed E-state index contributed by atoms with van der Waals surface area (Å²) in [4.78, 5) is 23.8. The number of aromatic amines is 2. The Bertz CT molecular complexity index is 381. The van der Waals surface area contributed by atoms with E-state index in [-0.39, 0.29) is 5.82 Å². The third-order valence-corrected chi connectivity index (χ3v) is 1.78. The van der Waals surface area contributed by atoms with Gasteiger partial charge in [-0.1, -0.05) is 19.8 Å². The maximum atomic E-state index is 11.1. The van der Waals surface area contributed by atoms with Gasteiger partial charge in [0.2, 0.25) is 5.82 Å². The summed E-state index contributed by atoms with van der Waals surface area (Å²) >= 11 is 0. The van der Waals surface area contributed by atoms with E-state index in [2.05, 4.69) is 27.4 Å². The van der Waals surface area contributed by atoms with E-state index in [9.17, 15) is 9.59 Å². The standard InChI is InChI=1S/C8H14N4O2/c1-2-3-4-5-9-6-7(13)10-8(14)12-11-6/h2-5H2,1H3,(H,9,11)(H2,10,12,13,14). The largest absolute Gasteiger partial charge is 0.364 e. The number of unbranched alkanes of at least 4 members (excludes halogenated alkanes) is 2. The molecule has 0 aliphatic heterocycles. The lowest BCUT2D eigenvalue weighted by Crippen LogP contribution is -2.27. The summed E-state index contributed by atoms with van der Waals surface area (Å²) in [6.45, 7) is 2.79. The predicted octanol–water partition coefficient (Wildman–Crippen LogP) is 0.0603. The molecule has 0 aliphatic rings. The van der Waals surface area contributed by atoms with E-state index < -0.39 is 11.2 Å². The predicted molar refractivity (Wildman–Crippen MR) is 53.5 cm³/mol. The maximum absolute atomic E-state index is 11.1. The van der Waals surface area contributed by atoms with Gasteiger partial charge in [0, 0.05) is 6.54 Å². The number of hydrogen-bond donors (Lipinski definition) is 3. The second-order valence-electron chi connectivity index (χ2n) is 2.99. The van der Waals surface area contributed by atoms with E-state index in [1.807, 2.05) is 0 Å². The van der Waals surface area contributed by atoms with Crippen LogP contribution in [0.25, 0.3) is 0 Å². The van der Waals surface area contributed by atoms with Crippen LogP contribution in [0.3, 0.4) is 0 Å². The van der Waals surface area contributed by atoms with Gasteiger partial charge in [0.15, 0.2) is 0 Å². The van der Waals surface area contributed by atoms with E-state index >= 15 is 0 Å². The topological polar surface area (TPSA) is 90.6 Å². The Morgan fingerprint density at radius 1 is 1.36 bits per heavy atom. The van der Waals surface area contributed by atoms with Crippen molar-refractivity contribution in [2.75, 3.05) is 11.9 Å². The summed E-state index contributed by atoms with van der Waals surface area (Å²) in [6, 6.07) is 0. The molecule has 0 bridgehead atoms. The lowest BCUT2D eigenvalue weighted by atomic mass is 10.2. The zero-order valence-electron chi connectivity index (χ0n) is 8.09. The first-order valence-electron chi connectivity index (χ1n) is 4.67. The van der Waals surface area contributed by atoms with E-state index in [4.69, 9.17) is 0 Å². The first kappa shape index (κ1) is 10.5. The number of nitrogens with one attached hydrogen (secondary N) is 3. The van der Waals surface area contributed by atoms with Crippen molar-refractivity contribution in [1.29, 1.82) is 0 Å². The minimum absolute atomic E-state index is 0.167. The summed E-state index contributed by atoms with van der Waals surface area (Å²) in [5, 5.41) is 8.59. The Morgan fingerprint density at radius 2 is 2.14 bits per heavy atom. The van der Waals surface area contributed by atoms with Gasteiger partial charge in [-0.3, -0.25) is 9.78 Å². The van der Waals surface area contributed by atoms with Crippen molar-refractivity contribution in [3.05, 3.63) is 20.8 Å². The van der Waals surface area contributed by atoms with Crippen LogP contribution in [0.1, 0.15) is 26.2 Å². The highest BCUT2D eigenvalue weighted by atomic mass is 16.2. The lowest BCUT2D eigenvalue weighted by Gasteiger charge is -2.01. The fourth-order valence-electron chi connectivity index (χ4n) is 1.05.